The van der Waals surface area contributed by atoms with Crippen LogP contribution in [0.25, 0.3) is 22.6 Å². The van der Waals surface area contributed by atoms with Gasteiger partial charge in [-0.25, -0.2) is 10.1 Å². The highest BCUT2D eigenvalue weighted by atomic mass is 16.2. The molecule has 0 saturated heterocycles. The van der Waals surface area contributed by atoms with E-state index in [-0.39, 0.29) is 5.91 Å². The van der Waals surface area contributed by atoms with Crippen LogP contribution in [-0.2, 0) is 0 Å². The van der Waals surface area contributed by atoms with Crippen LogP contribution >= 0.6 is 0 Å². The maximum Gasteiger partial charge on any atom is 0.271 e. The third-order valence-electron chi connectivity index (χ3n) is 5.84. The number of hydrogen-bond acceptors (Lipinski definition) is 3. The van der Waals surface area contributed by atoms with Crippen LogP contribution in [-0.4, -0.2) is 26.5 Å². The topological polar surface area (TPSA) is 64.2 Å². The summed E-state index contributed by atoms with van der Waals surface area (Å²) in [5.74, 6) is -0.273. The standard InChI is InChI=1S/C29H25N5O/c1-21-13-14-22(2)34(21)27-17-15-24(16-18-27)29(35)31-30-19-25-20-33(26-11-7-4-8-12-26)32-28(25)23-9-5-3-6-10-23/h3-20H,1-2H3,(H,31,35). The monoisotopic (exact) mass is 459 g/mol. The SMILES string of the molecule is Cc1ccc(C)n1-c1ccc(C(=O)NN=Cc2cn(-c3ccccc3)nc2-c2ccccc2)cc1. The van der Waals surface area contributed by atoms with Crippen molar-refractivity contribution < 1.29 is 4.79 Å². The summed E-state index contributed by atoms with van der Waals surface area (Å²) in [6.07, 6.45) is 3.54. The first-order chi connectivity index (χ1) is 17.1. The molecule has 2 aromatic heterocycles. The number of hydrazone groups is 1. The molecular formula is C29H25N5O. The molecule has 0 saturated carbocycles. The van der Waals surface area contributed by atoms with Crippen molar-refractivity contribution in [2.75, 3.05) is 0 Å². The van der Waals surface area contributed by atoms with Gasteiger partial charge in [-0.1, -0.05) is 48.5 Å². The maximum absolute atomic E-state index is 12.7. The molecule has 0 unspecified atom stereocenters. The minimum Gasteiger partial charge on any atom is -0.319 e. The van der Waals surface area contributed by atoms with E-state index in [1.807, 2.05) is 95.8 Å². The van der Waals surface area contributed by atoms with Crippen LogP contribution in [0.5, 0.6) is 0 Å². The van der Waals surface area contributed by atoms with Gasteiger partial charge in [0.05, 0.1) is 11.9 Å². The molecule has 0 spiro atoms. The van der Waals surface area contributed by atoms with E-state index >= 15 is 0 Å². The number of rotatable bonds is 6. The van der Waals surface area contributed by atoms with Gasteiger partial charge in [0.15, 0.2) is 0 Å². The Kier molecular flexibility index (Phi) is 6.09. The van der Waals surface area contributed by atoms with Gasteiger partial charge < -0.3 is 4.57 Å². The molecule has 0 atom stereocenters. The van der Waals surface area contributed by atoms with Gasteiger partial charge in [0.2, 0.25) is 0 Å². The van der Waals surface area contributed by atoms with Gasteiger partial charge in [0.1, 0.15) is 5.69 Å². The van der Waals surface area contributed by atoms with Gasteiger partial charge in [0, 0.05) is 40.0 Å². The van der Waals surface area contributed by atoms with Crippen molar-refractivity contribution in [3.05, 3.63) is 126 Å². The zero-order chi connectivity index (χ0) is 24.2. The molecule has 0 radical (unpaired) electrons. The van der Waals surface area contributed by atoms with E-state index in [0.29, 0.717) is 5.56 Å². The Hall–Kier alpha value is -4.71. The fourth-order valence-corrected chi connectivity index (χ4v) is 4.08. The molecule has 0 fully saturated rings. The summed E-state index contributed by atoms with van der Waals surface area (Å²) >= 11 is 0. The summed E-state index contributed by atoms with van der Waals surface area (Å²) in [6, 6.07) is 31.5. The van der Waals surface area contributed by atoms with E-state index in [1.165, 1.54) is 0 Å². The number of aryl methyl sites for hydroxylation is 2. The number of nitrogens with one attached hydrogen (secondary N) is 1. The Morgan fingerprint density at radius 3 is 2.09 bits per heavy atom. The molecule has 5 rings (SSSR count). The molecule has 0 aliphatic rings. The smallest absolute Gasteiger partial charge is 0.271 e. The highest BCUT2D eigenvalue weighted by molar-refractivity contribution is 5.95. The lowest BCUT2D eigenvalue weighted by Gasteiger charge is -2.10. The fraction of sp³-hybridized carbons (Fsp3) is 0.0690. The van der Waals surface area contributed by atoms with E-state index in [4.69, 9.17) is 5.10 Å². The van der Waals surface area contributed by atoms with E-state index in [1.54, 1.807) is 6.21 Å². The van der Waals surface area contributed by atoms with Gasteiger partial charge >= 0.3 is 0 Å². The Bertz CT molecular complexity index is 1460. The van der Waals surface area contributed by atoms with Crippen LogP contribution in [0.3, 0.4) is 0 Å². The number of carbonyl (C=O) groups excluding carboxylic acids is 1. The average Bonchev–Trinajstić information content (AvgIpc) is 3.48. The van der Waals surface area contributed by atoms with Crippen LogP contribution in [0, 0.1) is 13.8 Å². The molecule has 6 heteroatoms. The van der Waals surface area contributed by atoms with Crippen molar-refractivity contribution >= 4 is 12.1 Å². The molecule has 6 nitrogen and oxygen atoms in total. The number of hydrogen-bond donors (Lipinski definition) is 1. The third-order valence-corrected chi connectivity index (χ3v) is 5.84. The molecule has 5 aromatic rings. The summed E-state index contributed by atoms with van der Waals surface area (Å²) in [4.78, 5) is 12.7. The van der Waals surface area contributed by atoms with Crippen molar-refractivity contribution in [2.45, 2.75) is 13.8 Å². The molecule has 1 amide bonds. The molecule has 35 heavy (non-hydrogen) atoms. The summed E-state index contributed by atoms with van der Waals surface area (Å²) in [7, 11) is 0. The largest absolute Gasteiger partial charge is 0.319 e. The first kappa shape index (κ1) is 22.1. The minimum atomic E-state index is -0.273. The molecule has 0 aliphatic carbocycles. The second-order valence-electron chi connectivity index (χ2n) is 8.28. The van der Waals surface area contributed by atoms with E-state index in [2.05, 4.69) is 41.1 Å². The zero-order valence-corrected chi connectivity index (χ0v) is 19.6. The summed E-state index contributed by atoms with van der Waals surface area (Å²) in [5, 5.41) is 8.99. The maximum atomic E-state index is 12.7. The summed E-state index contributed by atoms with van der Waals surface area (Å²) in [5.41, 5.74) is 10.00. The molecule has 2 heterocycles. The fourth-order valence-electron chi connectivity index (χ4n) is 4.08. The van der Waals surface area contributed by atoms with Crippen LogP contribution in [0.1, 0.15) is 27.3 Å². The number of benzene rings is 3. The quantitative estimate of drug-likeness (QED) is 0.261. The van der Waals surface area contributed by atoms with Crippen molar-refractivity contribution in [3.8, 4) is 22.6 Å². The van der Waals surface area contributed by atoms with Crippen molar-refractivity contribution in [2.24, 2.45) is 5.10 Å². The van der Waals surface area contributed by atoms with Gasteiger partial charge in [-0.3, -0.25) is 4.79 Å². The number of para-hydroxylation sites is 1. The number of nitrogens with zero attached hydrogens (tertiary/aromatic N) is 4. The van der Waals surface area contributed by atoms with Crippen LogP contribution in [0.2, 0.25) is 0 Å². The highest BCUT2D eigenvalue weighted by Crippen LogP contribution is 2.22. The van der Waals surface area contributed by atoms with Gasteiger partial charge in [-0.15, -0.1) is 0 Å². The summed E-state index contributed by atoms with van der Waals surface area (Å²) < 4.78 is 3.96. The van der Waals surface area contributed by atoms with E-state index in [0.717, 1.165) is 39.6 Å². The Labute approximate surface area is 204 Å². The van der Waals surface area contributed by atoms with Crippen molar-refractivity contribution in [1.82, 2.24) is 19.8 Å². The first-order valence-corrected chi connectivity index (χ1v) is 11.4. The number of aromatic nitrogens is 3. The molecule has 1 N–H and O–H groups in total. The predicted molar refractivity (Wildman–Crippen MR) is 139 cm³/mol. The Morgan fingerprint density at radius 2 is 1.43 bits per heavy atom. The van der Waals surface area contributed by atoms with Crippen LogP contribution in [0.15, 0.2) is 108 Å². The average molecular weight is 460 g/mol. The lowest BCUT2D eigenvalue weighted by atomic mass is 10.1. The third kappa shape index (κ3) is 4.68. The van der Waals surface area contributed by atoms with Crippen LogP contribution < -0.4 is 5.43 Å². The highest BCUT2D eigenvalue weighted by Gasteiger charge is 2.12. The number of carbonyl (C=O) groups is 1. The summed E-state index contributed by atoms with van der Waals surface area (Å²) in [6.45, 7) is 4.12. The van der Waals surface area contributed by atoms with Crippen molar-refractivity contribution in [1.29, 1.82) is 0 Å². The second kappa shape index (κ2) is 9.65. The molecule has 0 bridgehead atoms. The predicted octanol–water partition coefficient (Wildman–Crippen LogP) is 5.71. The second-order valence-corrected chi connectivity index (χ2v) is 8.28. The molecular weight excluding hydrogens is 434 g/mol. The zero-order valence-electron chi connectivity index (χ0n) is 19.6. The van der Waals surface area contributed by atoms with Gasteiger partial charge in [-0.2, -0.15) is 10.2 Å². The molecule has 172 valence electrons. The first-order valence-electron chi connectivity index (χ1n) is 11.4. The minimum absolute atomic E-state index is 0.273. The molecule has 0 aliphatic heterocycles. The van der Waals surface area contributed by atoms with Crippen molar-refractivity contribution in [3.63, 3.8) is 0 Å². The van der Waals surface area contributed by atoms with E-state index in [9.17, 15) is 4.79 Å². The number of amides is 1. The van der Waals surface area contributed by atoms with E-state index < -0.39 is 0 Å². The van der Waals surface area contributed by atoms with Gasteiger partial charge in [0.25, 0.3) is 5.91 Å². The lowest BCUT2D eigenvalue weighted by molar-refractivity contribution is 0.0955. The van der Waals surface area contributed by atoms with Gasteiger partial charge in [-0.05, 0) is 62.4 Å². The van der Waals surface area contributed by atoms with Crippen LogP contribution in [0.4, 0.5) is 0 Å². The lowest BCUT2D eigenvalue weighted by Crippen LogP contribution is -2.17. The molecule has 3 aromatic carbocycles. The Morgan fingerprint density at radius 1 is 0.800 bits per heavy atom. The Balaban J connectivity index is 1.36. The normalized spacial score (nSPS) is 11.1.